The number of thiophene rings is 1. The molecule has 142 valence electrons. The Morgan fingerprint density at radius 1 is 1.22 bits per heavy atom. The molecule has 0 saturated carbocycles. The van der Waals surface area contributed by atoms with Crippen LogP contribution in [0.25, 0.3) is 0 Å². The Balaban J connectivity index is 1.47. The van der Waals surface area contributed by atoms with Crippen LogP contribution < -0.4 is 10.6 Å². The Hall–Kier alpha value is -2.71. The normalized spacial score (nSPS) is 15.9. The van der Waals surface area contributed by atoms with Crippen molar-refractivity contribution >= 4 is 34.8 Å². The number of hydrogen-bond acceptors (Lipinski definition) is 6. The monoisotopic (exact) mass is 388 g/mol. The molecule has 1 aliphatic rings. The number of carbonyl (C=O) groups excluding carboxylic acids is 3. The maximum absolute atomic E-state index is 12.1. The van der Waals surface area contributed by atoms with Gasteiger partial charge in [-0.15, -0.1) is 11.3 Å². The van der Waals surface area contributed by atoms with Gasteiger partial charge in [0.25, 0.3) is 11.8 Å². The summed E-state index contributed by atoms with van der Waals surface area (Å²) in [4.78, 5) is 36.6. The van der Waals surface area contributed by atoms with Crippen molar-refractivity contribution in [1.82, 2.24) is 5.32 Å². The van der Waals surface area contributed by atoms with Gasteiger partial charge in [0.05, 0.1) is 16.5 Å². The van der Waals surface area contributed by atoms with Crippen molar-refractivity contribution in [2.45, 2.75) is 18.9 Å². The molecular weight excluding hydrogens is 368 g/mol. The van der Waals surface area contributed by atoms with Crippen LogP contribution in [0, 0.1) is 0 Å². The molecule has 0 aliphatic carbocycles. The number of nitrogens with one attached hydrogen (secondary N) is 2. The standard InChI is InChI=1S/C19H20N2O5S/c22-17(20-11-15-6-2-8-25-15)12-26-19(24)13-4-1-5-14(10-13)21-18(23)16-7-3-9-27-16/h1,3-5,7,9-10,15H,2,6,8,11-12H2,(H,20,22)(H,21,23)/t15-/m0/s1. The van der Waals surface area contributed by atoms with E-state index in [1.54, 1.807) is 30.3 Å². The first kappa shape index (κ1) is 19.1. The highest BCUT2D eigenvalue weighted by molar-refractivity contribution is 7.12. The molecule has 8 heteroatoms. The largest absolute Gasteiger partial charge is 0.452 e. The van der Waals surface area contributed by atoms with Gasteiger partial charge in [-0.05, 0) is 42.5 Å². The first-order valence-corrected chi connectivity index (χ1v) is 9.50. The number of esters is 1. The predicted octanol–water partition coefficient (Wildman–Crippen LogP) is 2.45. The summed E-state index contributed by atoms with van der Waals surface area (Å²) < 4.78 is 10.4. The number of rotatable bonds is 7. The third-order valence-electron chi connectivity index (χ3n) is 3.99. The van der Waals surface area contributed by atoms with Crippen molar-refractivity contribution in [3.63, 3.8) is 0 Å². The van der Waals surface area contributed by atoms with Gasteiger partial charge in [0.1, 0.15) is 0 Å². The average Bonchev–Trinajstić information content (AvgIpc) is 3.38. The van der Waals surface area contributed by atoms with Crippen molar-refractivity contribution in [1.29, 1.82) is 0 Å². The lowest BCUT2D eigenvalue weighted by Crippen LogP contribution is -2.34. The van der Waals surface area contributed by atoms with E-state index in [4.69, 9.17) is 9.47 Å². The predicted molar refractivity (Wildman–Crippen MR) is 101 cm³/mol. The molecule has 1 fully saturated rings. The van der Waals surface area contributed by atoms with Crippen LogP contribution >= 0.6 is 11.3 Å². The summed E-state index contributed by atoms with van der Waals surface area (Å²) in [5.41, 5.74) is 0.733. The van der Waals surface area contributed by atoms with Gasteiger partial charge in [0.15, 0.2) is 6.61 Å². The van der Waals surface area contributed by atoms with Crippen molar-refractivity contribution in [2.75, 3.05) is 25.1 Å². The molecule has 1 atom stereocenters. The van der Waals surface area contributed by atoms with Gasteiger partial charge >= 0.3 is 5.97 Å². The summed E-state index contributed by atoms with van der Waals surface area (Å²) in [7, 11) is 0. The molecule has 0 bridgehead atoms. The number of amides is 2. The molecule has 2 aromatic rings. The van der Waals surface area contributed by atoms with E-state index in [9.17, 15) is 14.4 Å². The van der Waals surface area contributed by atoms with Crippen LogP contribution in [0.15, 0.2) is 41.8 Å². The molecular formula is C19H20N2O5S. The second-order valence-corrected chi connectivity index (χ2v) is 6.98. The minimum absolute atomic E-state index is 0.0355. The van der Waals surface area contributed by atoms with E-state index < -0.39 is 5.97 Å². The van der Waals surface area contributed by atoms with Crippen molar-refractivity contribution < 1.29 is 23.9 Å². The molecule has 0 spiro atoms. The fourth-order valence-electron chi connectivity index (χ4n) is 2.62. The van der Waals surface area contributed by atoms with E-state index in [0.717, 1.165) is 19.4 Å². The molecule has 0 radical (unpaired) electrons. The molecule has 7 nitrogen and oxygen atoms in total. The second kappa shape index (κ2) is 9.29. The molecule has 27 heavy (non-hydrogen) atoms. The molecule has 1 aromatic carbocycles. The molecule has 3 rings (SSSR count). The average molecular weight is 388 g/mol. The molecule has 1 aliphatic heterocycles. The Kier molecular flexibility index (Phi) is 6.56. The summed E-state index contributed by atoms with van der Waals surface area (Å²) >= 11 is 1.33. The lowest BCUT2D eigenvalue weighted by atomic mass is 10.2. The number of ether oxygens (including phenoxy) is 2. The van der Waals surface area contributed by atoms with E-state index in [2.05, 4.69) is 10.6 Å². The molecule has 2 heterocycles. The molecule has 2 N–H and O–H groups in total. The fraction of sp³-hybridized carbons (Fsp3) is 0.316. The van der Waals surface area contributed by atoms with Crippen LogP contribution in [0.5, 0.6) is 0 Å². The van der Waals surface area contributed by atoms with E-state index in [-0.39, 0.29) is 30.1 Å². The first-order valence-electron chi connectivity index (χ1n) is 8.62. The van der Waals surface area contributed by atoms with Gasteiger partial charge in [-0.25, -0.2) is 4.79 Å². The highest BCUT2D eigenvalue weighted by Crippen LogP contribution is 2.15. The van der Waals surface area contributed by atoms with Gasteiger partial charge in [0, 0.05) is 18.8 Å². The Bertz CT molecular complexity index is 800. The van der Waals surface area contributed by atoms with Crippen molar-refractivity contribution in [3.8, 4) is 0 Å². The minimum Gasteiger partial charge on any atom is -0.452 e. The van der Waals surface area contributed by atoms with Crippen LogP contribution in [0.1, 0.15) is 32.9 Å². The highest BCUT2D eigenvalue weighted by Gasteiger charge is 2.17. The van der Waals surface area contributed by atoms with Gasteiger partial charge in [-0.2, -0.15) is 0 Å². The third kappa shape index (κ3) is 5.63. The van der Waals surface area contributed by atoms with Gasteiger partial charge in [0.2, 0.25) is 0 Å². The molecule has 1 saturated heterocycles. The molecule has 1 aromatic heterocycles. The van der Waals surface area contributed by atoms with E-state index >= 15 is 0 Å². The zero-order chi connectivity index (χ0) is 19.1. The summed E-state index contributed by atoms with van der Waals surface area (Å²) in [6.07, 6.45) is 1.95. The lowest BCUT2D eigenvalue weighted by Gasteiger charge is -2.11. The zero-order valence-electron chi connectivity index (χ0n) is 14.6. The smallest absolute Gasteiger partial charge is 0.338 e. The first-order chi connectivity index (χ1) is 13.1. The highest BCUT2D eigenvalue weighted by atomic mass is 32.1. The van der Waals surface area contributed by atoms with Crippen molar-refractivity contribution in [2.24, 2.45) is 0 Å². The Morgan fingerprint density at radius 2 is 2.11 bits per heavy atom. The number of anilines is 1. The van der Waals surface area contributed by atoms with E-state index in [1.807, 2.05) is 5.38 Å². The quantitative estimate of drug-likeness (QED) is 0.711. The topological polar surface area (TPSA) is 93.7 Å². The summed E-state index contributed by atoms with van der Waals surface area (Å²) in [5.74, 6) is -1.25. The van der Waals surface area contributed by atoms with Crippen LogP contribution in [-0.2, 0) is 14.3 Å². The van der Waals surface area contributed by atoms with Gasteiger partial charge in [-0.3, -0.25) is 9.59 Å². The summed E-state index contributed by atoms with van der Waals surface area (Å²) in [5, 5.41) is 7.23. The Morgan fingerprint density at radius 3 is 2.85 bits per heavy atom. The number of hydrogen-bond donors (Lipinski definition) is 2. The maximum atomic E-state index is 12.1. The van der Waals surface area contributed by atoms with Crippen LogP contribution in [0.3, 0.4) is 0 Å². The van der Waals surface area contributed by atoms with E-state index in [1.165, 1.54) is 17.4 Å². The lowest BCUT2D eigenvalue weighted by molar-refractivity contribution is -0.124. The molecule has 2 amide bonds. The SMILES string of the molecule is O=C(COC(=O)c1cccc(NC(=O)c2cccs2)c1)NC[C@@H]1CCCO1. The van der Waals surface area contributed by atoms with Gasteiger partial charge < -0.3 is 20.1 Å². The number of benzene rings is 1. The molecule has 0 unspecified atom stereocenters. The zero-order valence-corrected chi connectivity index (χ0v) is 15.4. The van der Waals surface area contributed by atoms with E-state index in [0.29, 0.717) is 17.1 Å². The van der Waals surface area contributed by atoms with Crippen LogP contribution in [0.4, 0.5) is 5.69 Å². The Labute approximate surface area is 160 Å². The number of carbonyl (C=O) groups is 3. The summed E-state index contributed by atoms with van der Waals surface area (Å²) in [6.45, 7) is 0.771. The minimum atomic E-state index is -0.630. The van der Waals surface area contributed by atoms with Crippen molar-refractivity contribution in [3.05, 3.63) is 52.2 Å². The fourth-order valence-corrected chi connectivity index (χ4v) is 3.24. The maximum Gasteiger partial charge on any atom is 0.338 e. The van der Waals surface area contributed by atoms with Crippen LogP contribution in [-0.4, -0.2) is 43.6 Å². The van der Waals surface area contributed by atoms with Gasteiger partial charge in [-0.1, -0.05) is 12.1 Å². The van der Waals surface area contributed by atoms with Crippen LogP contribution in [0.2, 0.25) is 0 Å². The second-order valence-electron chi connectivity index (χ2n) is 6.03. The third-order valence-corrected chi connectivity index (χ3v) is 4.85. The summed E-state index contributed by atoms with van der Waals surface area (Å²) in [6, 6.07) is 9.89.